The lowest BCUT2D eigenvalue weighted by atomic mass is 9.98. The molecule has 0 fully saturated rings. The molecule has 2 atom stereocenters. The molecule has 13 heavy (non-hydrogen) atoms. The molecule has 1 N–H and O–H groups in total. The van der Waals surface area contributed by atoms with Gasteiger partial charge in [-0.25, -0.2) is 0 Å². The lowest BCUT2D eigenvalue weighted by Gasteiger charge is -2.11. The van der Waals surface area contributed by atoms with Gasteiger partial charge < -0.3 is 5.11 Å². The number of hydrogen-bond donors (Lipinski definition) is 1. The predicted octanol–water partition coefficient (Wildman–Crippen LogP) is 3.06. The third-order valence-electron chi connectivity index (χ3n) is 2.61. The molecular weight excluding hydrogens is 160 g/mol. The molecule has 0 aromatic heterocycles. The maximum Gasteiger partial charge on any atom is 0.0724 e. The Balaban J connectivity index is 2.55. The van der Waals surface area contributed by atoms with Crippen LogP contribution in [0.1, 0.15) is 39.5 Å². The Morgan fingerprint density at radius 2 is 2.08 bits per heavy atom. The number of allylic oxidation sites excluding steroid dienone is 3. The van der Waals surface area contributed by atoms with Crippen molar-refractivity contribution in [2.75, 3.05) is 0 Å². The van der Waals surface area contributed by atoms with Crippen LogP contribution in [0.25, 0.3) is 0 Å². The number of hydrogen-bond acceptors (Lipinski definition) is 1. The second-order valence-corrected chi connectivity index (χ2v) is 4.10. The Hall–Kier alpha value is -0.560. The molecule has 0 heterocycles. The molecule has 0 amide bonds. The van der Waals surface area contributed by atoms with E-state index >= 15 is 0 Å². The average Bonchev–Trinajstić information content (AvgIpc) is 2.10. The predicted molar refractivity (Wildman–Crippen MR) is 56.5 cm³/mol. The minimum atomic E-state index is -0.246. The molecule has 1 aliphatic rings. The maximum atomic E-state index is 9.55. The fraction of sp³-hybridized carbons (Fsp3) is 0.667. The van der Waals surface area contributed by atoms with Gasteiger partial charge in [0.2, 0.25) is 0 Å². The van der Waals surface area contributed by atoms with Crippen LogP contribution < -0.4 is 0 Å². The lowest BCUT2D eigenvalue weighted by Crippen LogP contribution is -2.04. The summed E-state index contributed by atoms with van der Waals surface area (Å²) in [5.74, 6) is 0.594. The fourth-order valence-corrected chi connectivity index (χ4v) is 1.58. The first-order valence-electron chi connectivity index (χ1n) is 5.20. The summed E-state index contributed by atoms with van der Waals surface area (Å²) in [4.78, 5) is 0. The summed E-state index contributed by atoms with van der Waals surface area (Å²) >= 11 is 0. The molecule has 0 radical (unpaired) electrons. The van der Waals surface area contributed by atoms with E-state index in [9.17, 15) is 5.11 Å². The van der Waals surface area contributed by atoms with Gasteiger partial charge in [-0.15, -0.1) is 0 Å². The van der Waals surface area contributed by atoms with E-state index in [2.05, 4.69) is 26.0 Å². The first-order valence-corrected chi connectivity index (χ1v) is 5.20. The van der Waals surface area contributed by atoms with Gasteiger partial charge in [0.05, 0.1) is 6.10 Å². The van der Waals surface area contributed by atoms with Crippen molar-refractivity contribution in [1.82, 2.24) is 0 Å². The highest BCUT2D eigenvalue weighted by Crippen LogP contribution is 2.15. The van der Waals surface area contributed by atoms with Crippen molar-refractivity contribution in [1.29, 1.82) is 0 Å². The molecule has 0 saturated carbocycles. The average molecular weight is 180 g/mol. The van der Waals surface area contributed by atoms with Gasteiger partial charge in [-0.05, 0) is 38.5 Å². The highest BCUT2D eigenvalue weighted by Gasteiger charge is 2.03. The van der Waals surface area contributed by atoms with Crippen molar-refractivity contribution in [3.63, 3.8) is 0 Å². The first-order chi connectivity index (χ1) is 6.18. The Bertz CT molecular complexity index is 203. The van der Waals surface area contributed by atoms with Crippen molar-refractivity contribution in [2.45, 2.75) is 45.6 Å². The molecular formula is C12H20O. The third-order valence-corrected chi connectivity index (χ3v) is 2.61. The molecule has 0 saturated heterocycles. The molecule has 1 aliphatic carbocycles. The summed E-state index contributed by atoms with van der Waals surface area (Å²) < 4.78 is 0. The van der Waals surface area contributed by atoms with Gasteiger partial charge in [0.1, 0.15) is 0 Å². The van der Waals surface area contributed by atoms with Crippen LogP contribution in [0.4, 0.5) is 0 Å². The van der Waals surface area contributed by atoms with E-state index < -0.39 is 0 Å². The molecule has 0 unspecified atom stereocenters. The molecule has 1 nitrogen and oxygen atoms in total. The van der Waals surface area contributed by atoms with Crippen LogP contribution in [0, 0.1) is 5.92 Å². The Morgan fingerprint density at radius 1 is 1.31 bits per heavy atom. The summed E-state index contributed by atoms with van der Waals surface area (Å²) in [6.45, 7) is 4.36. The molecule has 0 aromatic carbocycles. The van der Waals surface area contributed by atoms with Crippen LogP contribution in [0.5, 0.6) is 0 Å². The standard InChI is InChI=1S/C12H20O/c1-10-4-3-5-11(2)7-9-12(13)8-6-10/h4,7,9,11-13H,3,5-6,8H2,1-2H3/b9-7+,10-4+/t11-,12-/m0/s1. The van der Waals surface area contributed by atoms with Crippen LogP contribution >= 0.6 is 0 Å². The zero-order valence-corrected chi connectivity index (χ0v) is 8.66. The Labute approximate surface area is 81.2 Å². The summed E-state index contributed by atoms with van der Waals surface area (Å²) in [6, 6.07) is 0. The van der Waals surface area contributed by atoms with Gasteiger partial charge in [0.25, 0.3) is 0 Å². The van der Waals surface area contributed by atoms with Crippen molar-refractivity contribution in [3.05, 3.63) is 23.8 Å². The summed E-state index contributed by atoms with van der Waals surface area (Å²) in [7, 11) is 0. The molecule has 1 rings (SSSR count). The minimum absolute atomic E-state index is 0.246. The zero-order chi connectivity index (χ0) is 9.68. The topological polar surface area (TPSA) is 20.2 Å². The lowest BCUT2D eigenvalue weighted by molar-refractivity contribution is 0.212. The Morgan fingerprint density at radius 3 is 2.85 bits per heavy atom. The van der Waals surface area contributed by atoms with Gasteiger partial charge in [0.15, 0.2) is 0 Å². The van der Waals surface area contributed by atoms with E-state index in [0.29, 0.717) is 5.92 Å². The van der Waals surface area contributed by atoms with Gasteiger partial charge in [-0.2, -0.15) is 0 Å². The van der Waals surface area contributed by atoms with Crippen LogP contribution in [0.3, 0.4) is 0 Å². The van der Waals surface area contributed by atoms with E-state index in [-0.39, 0.29) is 6.10 Å². The van der Waals surface area contributed by atoms with Gasteiger partial charge >= 0.3 is 0 Å². The van der Waals surface area contributed by atoms with Crippen LogP contribution in [0.15, 0.2) is 23.8 Å². The monoisotopic (exact) mass is 180 g/mol. The largest absolute Gasteiger partial charge is 0.389 e. The second-order valence-electron chi connectivity index (χ2n) is 4.10. The summed E-state index contributed by atoms with van der Waals surface area (Å²) in [6.07, 6.45) is 10.4. The van der Waals surface area contributed by atoms with Crippen LogP contribution in [-0.2, 0) is 0 Å². The minimum Gasteiger partial charge on any atom is -0.389 e. The fourth-order valence-electron chi connectivity index (χ4n) is 1.58. The van der Waals surface area contributed by atoms with E-state index in [1.54, 1.807) is 0 Å². The highest BCUT2D eigenvalue weighted by molar-refractivity contribution is 5.02. The number of aliphatic hydroxyl groups is 1. The second kappa shape index (κ2) is 5.23. The van der Waals surface area contributed by atoms with E-state index in [0.717, 1.165) is 12.8 Å². The van der Waals surface area contributed by atoms with Crippen molar-refractivity contribution < 1.29 is 5.11 Å². The summed E-state index contributed by atoms with van der Waals surface area (Å²) in [5, 5.41) is 9.55. The van der Waals surface area contributed by atoms with Gasteiger partial charge in [0, 0.05) is 0 Å². The quantitative estimate of drug-likeness (QED) is 0.568. The Kier molecular flexibility index (Phi) is 4.23. The van der Waals surface area contributed by atoms with E-state index in [1.165, 1.54) is 18.4 Å². The normalized spacial score (nSPS) is 37.6. The van der Waals surface area contributed by atoms with Crippen LogP contribution in [0.2, 0.25) is 0 Å². The van der Waals surface area contributed by atoms with E-state index in [4.69, 9.17) is 0 Å². The summed E-state index contributed by atoms with van der Waals surface area (Å²) in [5.41, 5.74) is 1.42. The molecule has 1 heteroatoms. The van der Waals surface area contributed by atoms with Gasteiger partial charge in [-0.1, -0.05) is 30.7 Å². The molecule has 0 spiro atoms. The third kappa shape index (κ3) is 4.28. The number of rotatable bonds is 0. The van der Waals surface area contributed by atoms with E-state index in [1.807, 2.05) is 6.08 Å². The van der Waals surface area contributed by atoms with Crippen molar-refractivity contribution in [2.24, 2.45) is 5.92 Å². The van der Waals surface area contributed by atoms with Gasteiger partial charge in [-0.3, -0.25) is 0 Å². The number of aliphatic hydroxyl groups excluding tert-OH is 1. The maximum absolute atomic E-state index is 9.55. The first kappa shape index (κ1) is 10.5. The van der Waals surface area contributed by atoms with Crippen molar-refractivity contribution in [3.8, 4) is 0 Å². The SMILES string of the molecule is C/C1=C\CC[C@H](C)/C=C/[C@@H](O)CC1. The molecule has 0 aliphatic heterocycles. The molecule has 0 bridgehead atoms. The smallest absolute Gasteiger partial charge is 0.0724 e. The van der Waals surface area contributed by atoms with Crippen LogP contribution in [-0.4, -0.2) is 11.2 Å². The highest BCUT2D eigenvalue weighted by atomic mass is 16.3. The molecule has 0 aromatic rings. The van der Waals surface area contributed by atoms with Crippen molar-refractivity contribution >= 4 is 0 Å². The zero-order valence-electron chi connectivity index (χ0n) is 8.66. The molecule has 74 valence electrons.